The highest BCUT2D eigenvalue weighted by Crippen LogP contribution is 2.56. The van der Waals surface area contributed by atoms with Crippen LogP contribution in [0.2, 0.25) is 0 Å². The van der Waals surface area contributed by atoms with E-state index in [4.69, 9.17) is 102 Å². The molecule has 14 heterocycles. The van der Waals surface area contributed by atoms with E-state index < -0.39 is 255 Å². The second-order valence-electron chi connectivity index (χ2n) is 28.8. The average Bonchev–Trinajstić information content (AvgIpc) is 1.62. The number of anilines is 6. The van der Waals surface area contributed by atoms with Crippen molar-refractivity contribution in [2.75, 3.05) is 87.3 Å². The van der Waals surface area contributed by atoms with Crippen molar-refractivity contribution in [3.8, 4) is 0 Å². The first-order valence-electron chi connectivity index (χ1n) is 37.1. The number of nitrogen functional groups attached to an aromatic ring is 5. The van der Waals surface area contributed by atoms with E-state index in [-0.39, 0.29) is 63.7 Å². The number of imidazole rings is 2. The summed E-state index contributed by atoms with van der Waals surface area (Å²) in [6, 6.07) is 2.83. The highest BCUT2D eigenvalue weighted by molar-refractivity contribution is 7.48. The molecule has 8 aromatic heterocycles. The Morgan fingerprint density at radius 3 is 1.29 bits per heavy atom. The van der Waals surface area contributed by atoms with Crippen LogP contribution in [0.1, 0.15) is 57.1 Å². The number of carbonyl (C=O) groups is 1. The first kappa shape index (κ1) is 93.1. The number of ether oxygens (including phenoxy) is 6. The molecule has 0 radical (unpaired) electrons. The summed E-state index contributed by atoms with van der Waals surface area (Å²) in [7, 11) is -25.1. The van der Waals surface area contributed by atoms with Gasteiger partial charge in [-0.05, 0) is 31.2 Å². The molecule has 688 valence electrons. The minimum absolute atomic E-state index is 0.0119. The van der Waals surface area contributed by atoms with Gasteiger partial charge >= 0.3 is 61.9 Å². The van der Waals surface area contributed by atoms with Crippen LogP contribution in [-0.4, -0.2) is 296 Å². The first-order chi connectivity index (χ1) is 59.5. The minimum Gasteiger partial charge on any atom is -0.394 e. The zero-order valence-corrected chi connectivity index (χ0v) is 69.6. The van der Waals surface area contributed by atoms with Crippen molar-refractivity contribution in [2.24, 2.45) is 0 Å². The molecule has 6 saturated heterocycles. The summed E-state index contributed by atoms with van der Waals surface area (Å²) in [4.78, 5) is 164. The van der Waals surface area contributed by atoms with E-state index in [1.807, 2.05) is 0 Å². The van der Waals surface area contributed by atoms with Gasteiger partial charge in [0, 0.05) is 51.7 Å². The highest BCUT2D eigenvalue weighted by atomic mass is 31.2. The molecule has 60 nitrogen and oxygen atoms in total. The van der Waals surface area contributed by atoms with Gasteiger partial charge in [-0.1, -0.05) is 0 Å². The Hall–Kier alpha value is -9.04. The van der Waals surface area contributed by atoms with Gasteiger partial charge in [0.05, 0.1) is 58.3 Å². The molecule has 6 fully saturated rings. The molecule has 8 aromatic rings. The van der Waals surface area contributed by atoms with Crippen molar-refractivity contribution in [1.29, 1.82) is 0 Å². The van der Waals surface area contributed by atoms with Crippen molar-refractivity contribution >= 4 is 102 Å². The Balaban J connectivity index is 0.675. The van der Waals surface area contributed by atoms with Crippen molar-refractivity contribution in [2.45, 2.75) is 161 Å². The molecule has 28 atom stereocenters. The Labute approximate surface area is 703 Å². The zero-order chi connectivity index (χ0) is 90.7. The fourth-order valence-electron chi connectivity index (χ4n) is 14.3. The molecule has 22 N–H and O–H groups in total. The number of fused-ring (bicyclic) bond motifs is 2. The number of nitrogens with zero attached hydrogens (tertiary/aromatic N) is 17. The van der Waals surface area contributed by atoms with Gasteiger partial charge in [0.1, 0.15) is 152 Å². The SMILES string of the molecule is C[C@H](OP(=O)(O)O[C@H]1[C@@H](O)[C@H](n2cnc3c(N)ncnc32)O[C@@H]1COP(=O)(O)O[C@H]1[C@@H](O)[C@H](n2ccc(N)nc2=O)O[C@@H]1COP(=O)(O)O[C@H]1[C@@H](O)[C@H](n2ccc(N)nc2=O)O[C@@H]1CO)C(=O)N[C@H]1[C@@H](O)[C@H](n2cnc3c(N(C)C)ncnc32)O[C@@H]1COP(=O)(O)O[C@H]1C[C@H](n2ccc(N)nc2=O)O[C@@H]1COP(=O)(O)O[C@H]1C[C@H](n2ccc(N)nc2=O)O[C@@H]1CO. The fraction of sp³-hybridized carbons (Fsp3) is 0.557. The van der Waals surface area contributed by atoms with E-state index >= 15 is 0 Å². The number of hydrogen-bond donors (Lipinski definition) is 17. The zero-order valence-electron chi connectivity index (χ0n) is 65.1. The molecule has 1 amide bonds. The van der Waals surface area contributed by atoms with Crippen LogP contribution in [0.3, 0.4) is 0 Å². The van der Waals surface area contributed by atoms with Crippen molar-refractivity contribution in [3.05, 3.63) is 116 Å². The van der Waals surface area contributed by atoms with Gasteiger partial charge in [0.25, 0.3) is 0 Å². The molecule has 0 bridgehead atoms. The molecule has 65 heteroatoms. The third kappa shape index (κ3) is 20.3. The lowest BCUT2D eigenvalue weighted by atomic mass is 10.1. The van der Waals surface area contributed by atoms with Crippen molar-refractivity contribution < 1.29 is 156 Å². The maximum atomic E-state index is 14.6. The maximum absolute atomic E-state index is 14.6. The molecule has 14 rings (SSSR count). The summed E-state index contributed by atoms with van der Waals surface area (Å²) >= 11 is 0. The van der Waals surface area contributed by atoms with Crippen LogP contribution in [0, 0.1) is 0 Å². The van der Waals surface area contributed by atoms with Gasteiger partial charge in [0.15, 0.2) is 53.4 Å². The Morgan fingerprint density at radius 2 is 0.833 bits per heavy atom. The number of rotatable bonds is 35. The summed E-state index contributed by atoms with van der Waals surface area (Å²) in [6.45, 7) is -5.75. The van der Waals surface area contributed by atoms with Gasteiger partial charge < -0.3 is 122 Å². The molecular weight excluding hydrogens is 1800 g/mol. The fourth-order valence-corrected chi connectivity index (χ4v) is 19.3. The molecular formula is C61H82N23O37P5. The summed E-state index contributed by atoms with van der Waals surface area (Å²) < 4.78 is 165. The topological polar surface area (TPSA) is 845 Å². The van der Waals surface area contributed by atoms with Crippen LogP contribution in [-0.2, 0) is 101 Å². The Bertz CT molecular complexity index is 5840. The highest BCUT2D eigenvalue weighted by Gasteiger charge is 2.57. The van der Waals surface area contributed by atoms with Gasteiger partial charge in [-0.2, -0.15) is 19.9 Å². The normalized spacial score (nSPS) is 31.3. The van der Waals surface area contributed by atoms with E-state index in [0.717, 1.165) is 81.2 Å². The number of aliphatic hydroxyl groups is 6. The molecule has 0 aliphatic carbocycles. The molecule has 0 spiro atoms. The van der Waals surface area contributed by atoms with Gasteiger partial charge in [-0.25, -0.2) is 71.9 Å². The van der Waals surface area contributed by atoms with Crippen LogP contribution in [0.25, 0.3) is 22.3 Å². The van der Waals surface area contributed by atoms with E-state index in [9.17, 15) is 102 Å². The number of amides is 1. The number of phosphoric ester groups is 5. The third-order valence-electron chi connectivity index (χ3n) is 20.2. The largest absolute Gasteiger partial charge is 0.473 e. The molecule has 5 unspecified atom stereocenters. The van der Waals surface area contributed by atoms with Crippen LogP contribution < -0.4 is 61.6 Å². The second-order valence-corrected chi connectivity index (χ2v) is 35.8. The standard InChI is InChI=1S/C61H82N23O37P5/c1-24(53(91)77-39-30(113-54(42(39)87)84-23-72-41-50(78(2)3)68-21-70-52(41)84)17-107-123(98,99)118-26-13-38(80-9-5-34(63)74-59(80)93)111-29(26)16-106-122(96,97)117-25-12-37(110-27(25)14-85)79-8-4-33(62)73-58(79)92)116-126(104,105)121-48-32(115-57(45(48)90)83-22-71-40-49(66)67-20-69-51(40)83)19-109-125(102,103)120-47-31(114-56(44(47)89)82-11-7-36(65)76-61(82)95)18-108-124(100,101)119-46-28(15-86)112-55(43(46)88)81-10-6-35(64)75-60(81)94/h4-11,20-32,37-39,42-48,54-57,85-90H,12-19H2,1-3H3,(H,77,91)(H,96,97)(H,98,99)(H,100,101)(H,102,103)(H,104,105)(H2,62,73,92)(H2,63,74,93)(H2,64,75,94)(H2,65,76,95)(H2,66,67,69)/t24-,25-,26-,27+,28+,29+,30+,31+,32+,37+,38+,39+,42+,43+,44+,45+,46+,47+,48+,54+,55+,56+,57+/m0/s1. The maximum Gasteiger partial charge on any atom is 0.473 e. The lowest BCUT2D eigenvalue weighted by molar-refractivity contribution is -0.130. The van der Waals surface area contributed by atoms with E-state index in [1.54, 1.807) is 19.0 Å². The Morgan fingerprint density at radius 1 is 0.468 bits per heavy atom. The molecule has 6 aliphatic heterocycles. The molecule has 0 saturated carbocycles. The van der Waals surface area contributed by atoms with Crippen LogP contribution in [0.4, 0.5) is 34.9 Å². The van der Waals surface area contributed by atoms with E-state index in [1.165, 1.54) is 22.9 Å². The second kappa shape index (κ2) is 37.2. The first-order valence-corrected chi connectivity index (χ1v) is 44.6. The monoisotopic (exact) mass is 1880 g/mol. The van der Waals surface area contributed by atoms with Gasteiger partial charge in [-0.3, -0.25) is 77.4 Å². The number of aliphatic hydroxyl groups excluding tert-OH is 6. The predicted molar refractivity (Wildman–Crippen MR) is 412 cm³/mol. The van der Waals surface area contributed by atoms with Gasteiger partial charge in [0.2, 0.25) is 5.91 Å². The van der Waals surface area contributed by atoms with Gasteiger partial charge in [-0.15, -0.1) is 0 Å². The quantitative estimate of drug-likeness (QED) is 0.0164. The number of phosphoric acid groups is 5. The van der Waals surface area contributed by atoms with Crippen molar-refractivity contribution in [1.82, 2.24) is 82.6 Å². The lowest BCUT2D eigenvalue weighted by Gasteiger charge is -2.27. The number of hydrogen-bond acceptors (Lipinski definition) is 48. The van der Waals surface area contributed by atoms with Crippen molar-refractivity contribution in [3.63, 3.8) is 0 Å². The summed E-state index contributed by atoms with van der Waals surface area (Å²) in [5.41, 5.74) is 24.4. The minimum atomic E-state index is -5.94. The number of aromatic nitrogens is 16. The number of nitrogens with two attached hydrogens (primary N) is 5. The summed E-state index contributed by atoms with van der Waals surface area (Å²) in [5, 5.41) is 70.0. The smallest absolute Gasteiger partial charge is 0.394 e. The number of nitrogens with one attached hydrogen (secondary N) is 1. The van der Waals surface area contributed by atoms with Crippen LogP contribution in [0.15, 0.2) is 93.5 Å². The summed E-state index contributed by atoms with van der Waals surface area (Å²) in [6.07, 6.45) is -33.2. The predicted octanol–water partition coefficient (Wildman–Crippen LogP) is -6.35. The lowest BCUT2D eigenvalue weighted by Crippen LogP contribution is -2.51. The van der Waals surface area contributed by atoms with E-state index in [0.29, 0.717) is 4.57 Å². The number of carbonyl (C=O) groups excluding carboxylic acids is 1. The van der Waals surface area contributed by atoms with E-state index in [2.05, 4.69) is 55.2 Å². The third-order valence-corrected chi connectivity index (χ3v) is 25.3. The van der Waals surface area contributed by atoms with Crippen LogP contribution >= 0.6 is 39.1 Å². The van der Waals surface area contributed by atoms with Crippen LogP contribution in [0.5, 0.6) is 0 Å². The molecule has 6 aliphatic rings. The molecule has 0 aromatic carbocycles. The average molecular weight is 1880 g/mol. The Kier molecular flexibility index (Phi) is 27.5. The molecule has 126 heavy (non-hydrogen) atoms. The summed E-state index contributed by atoms with van der Waals surface area (Å²) in [5.74, 6) is -2.25.